The van der Waals surface area contributed by atoms with Crippen LogP contribution in [0.4, 0.5) is 5.82 Å². The standard InChI is InChI=1S/C19H18BrN5/c1-12-19(24(2)3)25-16-8-7-13(20)10-14(16)18(22-11-17(25)23-12)15-6-4-5-9-21-15/h4-10H,11H2,1-3H3. The van der Waals surface area contributed by atoms with E-state index >= 15 is 0 Å². The third-order valence-corrected chi connectivity index (χ3v) is 4.75. The zero-order valence-corrected chi connectivity index (χ0v) is 15.9. The molecule has 0 fully saturated rings. The van der Waals surface area contributed by atoms with Crippen LogP contribution in [0.1, 0.15) is 22.8 Å². The molecule has 0 bridgehead atoms. The summed E-state index contributed by atoms with van der Waals surface area (Å²) in [5, 5.41) is 0. The summed E-state index contributed by atoms with van der Waals surface area (Å²) in [6.45, 7) is 2.56. The average molecular weight is 396 g/mol. The van der Waals surface area contributed by atoms with Gasteiger partial charge in [0.15, 0.2) is 0 Å². The lowest BCUT2D eigenvalue weighted by molar-refractivity contribution is 0.865. The van der Waals surface area contributed by atoms with E-state index in [1.165, 1.54) is 0 Å². The van der Waals surface area contributed by atoms with Gasteiger partial charge in [0, 0.05) is 30.3 Å². The second kappa shape index (κ2) is 6.11. The van der Waals surface area contributed by atoms with Gasteiger partial charge in [-0.3, -0.25) is 14.5 Å². The molecular weight excluding hydrogens is 378 g/mol. The molecule has 25 heavy (non-hydrogen) atoms. The second-order valence-corrected chi connectivity index (χ2v) is 7.12. The van der Waals surface area contributed by atoms with E-state index in [0.29, 0.717) is 6.54 Å². The molecule has 6 heteroatoms. The Labute approximate surface area is 155 Å². The number of anilines is 1. The predicted molar refractivity (Wildman–Crippen MR) is 104 cm³/mol. The fraction of sp³-hybridized carbons (Fsp3) is 0.211. The maximum absolute atomic E-state index is 4.86. The Balaban J connectivity index is 2.02. The fourth-order valence-electron chi connectivity index (χ4n) is 3.31. The molecule has 1 aliphatic rings. The van der Waals surface area contributed by atoms with E-state index in [9.17, 15) is 0 Å². The van der Waals surface area contributed by atoms with Crippen molar-refractivity contribution in [1.82, 2.24) is 14.5 Å². The van der Waals surface area contributed by atoms with Crippen LogP contribution in [-0.4, -0.2) is 34.3 Å². The van der Waals surface area contributed by atoms with Gasteiger partial charge in [-0.25, -0.2) is 4.98 Å². The number of rotatable bonds is 2. The largest absolute Gasteiger partial charge is 0.362 e. The molecule has 1 aromatic carbocycles. The molecule has 3 aromatic rings. The van der Waals surface area contributed by atoms with Crippen molar-refractivity contribution in [3.8, 4) is 5.69 Å². The molecular formula is C19H18BrN5. The number of nitrogens with zero attached hydrogens (tertiary/aromatic N) is 5. The summed E-state index contributed by atoms with van der Waals surface area (Å²) in [5.41, 5.74) is 4.89. The van der Waals surface area contributed by atoms with Crippen LogP contribution in [0.15, 0.2) is 52.1 Å². The predicted octanol–water partition coefficient (Wildman–Crippen LogP) is 3.76. The molecule has 0 aliphatic carbocycles. The average Bonchev–Trinajstić information content (AvgIpc) is 2.85. The topological polar surface area (TPSA) is 46.3 Å². The maximum Gasteiger partial charge on any atom is 0.137 e. The molecule has 4 rings (SSSR count). The third kappa shape index (κ3) is 2.66. The first-order valence-electron chi connectivity index (χ1n) is 8.08. The van der Waals surface area contributed by atoms with Crippen molar-refractivity contribution in [3.05, 3.63) is 69.8 Å². The van der Waals surface area contributed by atoms with E-state index in [1.807, 2.05) is 39.2 Å². The Morgan fingerprint density at radius 3 is 2.72 bits per heavy atom. The van der Waals surface area contributed by atoms with Crippen LogP contribution >= 0.6 is 15.9 Å². The zero-order valence-electron chi connectivity index (χ0n) is 14.4. The first-order valence-corrected chi connectivity index (χ1v) is 8.87. The van der Waals surface area contributed by atoms with E-state index in [4.69, 9.17) is 9.98 Å². The molecule has 0 amide bonds. The van der Waals surface area contributed by atoms with E-state index in [-0.39, 0.29) is 0 Å². The number of halogens is 1. The lowest BCUT2D eigenvalue weighted by atomic mass is 10.0. The molecule has 2 aromatic heterocycles. The number of aromatic nitrogens is 3. The summed E-state index contributed by atoms with van der Waals surface area (Å²) in [5.74, 6) is 2.02. The molecule has 0 unspecified atom stereocenters. The monoisotopic (exact) mass is 395 g/mol. The molecule has 5 nitrogen and oxygen atoms in total. The Hall–Kier alpha value is -2.47. The number of benzene rings is 1. The first-order chi connectivity index (χ1) is 12.1. The lowest BCUT2D eigenvalue weighted by Crippen LogP contribution is -2.16. The van der Waals surface area contributed by atoms with Crippen LogP contribution in [0.3, 0.4) is 0 Å². The summed E-state index contributed by atoms with van der Waals surface area (Å²) < 4.78 is 3.22. The van der Waals surface area contributed by atoms with Gasteiger partial charge in [0.2, 0.25) is 0 Å². The molecule has 0 radical (unpaired) electrons. The maximum atomic E-state index is 4.86. The number of fused-ring (bicyclic) bond motifs is 3. The van der Waals surface area contributed by atoms with Gasteiger partial charge in [-0.2, -0.15) is 0 Å². The van der Waals surface area contributed by atoms with Gasteiger partial charge in [0.05, 0.1) is 29.3 Å². The van der Waals surface area contributed by atoms with Gasteiger partial charge in [-0.1, -0.05) is 22.0 Å². The normalized spacial score (nSPS) is 12.9. The van der Waals surface area contributed by atoms with Crippen molar-refractivity contribution in [3.63, 3.8) is 0 Å². The molecule has 0 atom stereocenters. The van der Waals surface area contributed by atoms with Crippen molar-refractivity contribution in [2.75, 3.05) is 19.0 Å². The van der Waals surface area contributed by atoms with E-state index < -0.39 is 0 Å². The van der Waals surface area contributed by atoms with Crippen LogP contribution in [-0.2, 0) is 6.54 Å². The highest BCUT2D eigenvalue weighted by Crippen LogP contribution is 2.32. The number of hydrogen-bond acceptors (Lipinski definition) is 4. The lowest BCUT2D eigenvalue weighted by Gasteiger charge is -2.19. The number of imidazole rings is 1. The summed E-state index contributed by atoms with van der Waals surface area (Å²) >= 11 is 3.60. The molecule has 0 saturated carbocycles. The van der Waals surface area contributed by atoms with Gasteiger partial charge in [0.25, 0.3) is 0 Å². The zero-order chi connectivity index (χ0) is 17.6. The number of aryl methyl sites for hydroxylation is 1. The summed E-state index contributed by atoms with van der Waals surface area (Å²) in [4.78, 5) is 16.2. The van der Waals surface area contributed by atoms with Gasteiger partial charge < -0.3 is 4.90 Å². The van der Waals surface area contributed by atoms with Crippen molar-refractivity contribution < 1.29 is 0 Å². The first kappa shape index (κ1) is 16.0. The fourth-order valence-corrected chi connectivity index (χ4v) is 3.67. The van der Waals surface area contributed by atoms with E-state index in [2.05, 4.69) is 48.6 Å². The summed E-state index contributed by atoms with van der Waals surface area (Å²) in [6.07, 6.45) is 1.80. The summed E-state index contributed by atoms with van der Waals surface area (Å²) in [7, 11) is 4.09. The summed E-state index contributed by atoms with van der Waals surface area (Å²) in [6, 6.07) is 12.2. The van der Waals surface area contributed by atoms with Gasteiger partial charge in [-0.05, 0) is 37.3 Å². The number of hydrogen-bond donors (Lipinski definition) is 0. The smallest absolute Gasteiger partial charge is 0.137 e. The van der Waals surface area contributed by atoms with Crippen molar-refractivity contribution in [2.24, 2.45) is 4.99 Å². The third-order valence-electron chi connectivity index (χ3n) is 4.25. The quantitative estimate of drug-likeness (QED) is 0.663. The van der Waals surface area contributed by atoms with E-state index in [1.54, 1.807) is 6.20 Å². The molecule has 126 valence electrons. The minimum absolute atomic E-state index is 0.521. The van der Waals surface area contributed by atoms with Crippen LogP contribution < -0.4 is 4.90 Å². The molecule has 0 N–H and O–H groups in total. The van der Waals surface area contributed by atoms with Gasteiger partial charge >= 0.3 is 0 Å². The Morgan fingerprint density at radius 2 is 2.00 bits per heavy atom. The Kier molecular flexibility index (Phi) is 3.92. The molecule has 1 aliphatic heterocycles. The Bertz CT molecular complexity index is 973. The minimum Gasteiger partial charge on any atom is -0.362 e. The van der Waals surface area contributed by atoms with Crippen LogP contribution in [0.25, 0.3) is 5.69 Å². The highest BCUT2D eigenvalue weighted by molar-refractivity contribution is 9.10. The molecule has 3 heterocycles. The SMILES string of the molecule is Cc1nc2n(c1N(C)C)-c1ccc(Br)cc1C(c1ccccn1)=NC2. The van der Waals surface area contributed by atoms with Crippen molar-refractivity contribution in [1.29, 1.82) is 0 Å². The molecule has 0 saturated heterocycles. The molecule has 0 spiro atoms. The number of pyridine rings is 1. The van der Waals surface area contributed by atoms with Crippen molar-refractivity contribution in [2.45, 2.75) is 13.5 Å². The van der Waals surface area contributed by atoms with Crippen LogP contribution in [0.5, 0.6) is 0 Å². The minimum atomic E-state index is 0.521. The Morgan fingerprint density at radius 1 is 1.16 bits per heavy atom. The van der Waals surface area contributed by atoms with Crippen LogP contribution in [0, 0.1) is 6.92 Å². The number of aliphatic imine (C=N–C) groups is 1. The highest BCUT2D eigenvalue weighted by atomic mass is 79.9. The van der Waals surface area contributed by atoms with Gasteiger partial charge in [0.1, 0.15) is 11.6 Å². The van der Waals surface area contributed by atoms with Crippen LogP contribution in [0.2, 0.25) is 0 Å². The van der Waals surface area contributed by atoms with E-state index in [0.717, 1.165) is 44.5 Å². The van der Waals surface area contributed by atoms with Gasteiger partial charge in [-0.15, -0.1) is 0 Å². The second-order valence-electron chi connectivity index (χ2n) is 6.21. The van der Waals surface area contributed by atoms with Crippen molar-refractivity contribution >= 4 is 27.5 Å². The highest BCUT2D eigenvalue weighted by Gasteiger charge is 2.25.